The summed E-state index contributed by atoms with van der Waals surface area (Å²) < 4.78 is 5.33. The Kier molecular flexibility index (Phi) is 4.26. The number of carboxylic acids is 1. The molecule has 2 atom stereocenters. The Bertz CT molecular complexity index is 496. The lowest BCUT2D eigenvalue weighted by atomic mass is 10.1. The molecule has 2 amide bonds. The Balaban J connectivity index is 1.85. The number of hydrogen-bond acceptors (Lipinski definition) is 4. The molecule has 0 saturated heterocycles. The molecule has 1 aromatic heterocycles. The topological polar surface area (TPSA) is 104 Å². The number of hydrogen-bond donors (Lipinski definition) is 3. The van der Waals surface area contributed by atoms with E-state index in [0.717, 1.165) is 12.8 Å². The summed E-state index contributed by atoms with van der Waals surface area (Å²) in [5, 5.41) is 14.3. The van der Waals surface area contributed by atoms with Crippen molar-refractivity contribution in [2.75, 3.05) is 0 Å². The van der Waals surface area contributed by atoms with E-state index in [0.29, 0.717) is 11.7 Å². The first kappa shape index (κ1) is 14.4. The summed E-state index contributed by atoms with van der Waals surface area (Å²) in [4.78, 5) is 26.7. The van der Waals surface area contributed by atoms with Crippen LogP contribution in [0.3, 0.4) is 0 Å². The second-order valence-electron chi connectivity index (χ2n) is 5.19. The van der Waals surface area contributed by atoms with E-state index in [1.54, 1.807) is 20.0 Å². The van der Waals surface area contributed by atoms with Gasteiger partial charge in [-0.15, -0.1) is 0 Å². The highest BCUT2D eigenvalue weighted by Crippen LogP contribution is 2.34. The average molecular weight is 281 g/mol. The average Bonchev–Trinajstić information content (AvgIpc) is 3.10. The van der Waals surface area contributed by atoms with Crippen molar-refractivity contribution in [1.82, 2.24) is 15.6 Å². The summed E-state index contributed by atoms with van der Waals surface area (Å²) in [6.07, 6.45) is 3.47. The number of rotatable bonds is 6. The molecule has 1 heterocycles. The van der Waals surface area contributed by atoms with Crippen molar-refractivity contribution in [3.05, 3.63) is 17.8 Å². The number of nitrogens with one attached hydrogen (secondary N) is 2. The Hall–Kier alpha value is -2.05. The van der Waals surface area contributed by atoms with Gasteiger partial charge < -0.3 is 20.2 Å². The normalized spacial score (nSPS) is 17.3. The second-order valence-corrected chi connectivity index (χ2v) is 5.19. The van der Waals surface area contributed by atoms with E-state index in [9.17, 15) is 9.59 Å². The van der Waals surface area contributed by atoms with Crippen molar-refractivity contribution >= 4 is 12.0 Å². The number of aliphatic carboxylic acids is 1. The van der Waals surface area contributed by atoms with Gasteiger partial charge in [0.2, 0.25) is 5.89 Å². The lowest BCUT2D eigenvalue weighted by molar-refractivity contribution is -0.137. The molecular formula is C13H19N3O4. The maximum atomic E-state index is 11.9. The molecule has 20 heavy (non-hydrogen) atoms. The fraction of sp³-hybridized carbons (Fsp3) is 0.615. The quantitative estimate of drug-likeness (QED) is 0.734. The maximum absolute atomic E-state index is 11.9. The van der Waals surface area contributed by atoms with Crippen molar-refractivity contribution in [2.24, 2.45) is 5.92 Å². The van der Waals surface area contributed by atoms with Crippen LogP contribution >= 0.6 is 0 Å². The van der Waals surface area contributed by atoms with Crippen LogP contribution in [0.5, 0.6) is 0 Å². The van der Waals surface area contributed by atoms with Crippen LogP contribution in [-0.4, -0.2) is 28.1 Å². The zero-order valence-corrected chi connectivity index (χ0v) is 11.5. The highest BCUT2D eigenvalue weighted by molar-refractivity contribution is 5.76. The third kappa shape index (κ3) is 3.97. The molecule has 0 radical (unpaired) electrons. The third-order valence-electron chi connectivity index (χ3n) is 3.26. The predicted molar refractivity (Wildman–Crippen MR) is 70.1 cm³/mol. The molecule has 0 aliphatic heterocycles. The van der Waals surface area contributed by atoms with Crippen LogP contribution in [0.2, 0.25) is 0 Å². The molecule has 1 aliphatic carbocycles. The maximum Gasteiger partial charge on any atom is 0.315 e. The Labute approximate surface area is 116 Å². The van der Waals surface area contributed by atoms with Gasteiger partial charge in [0.15, 0.2) is 0 Å². The van der Waals surface area contributed by atoms with Crippen molar-refractivity contribution in [3.63, 3.8) is 0 Å². The van der Waals surface area contributed by atoms with Crippen molar-refractivity contribution < 1.29 is 19.1 Å². The predicted octanol–water partition coefficient (Wildman–Crippen LogP) is 1.60. The first-order valence-corrected chi connectivity index (χ1v) is 6.67. The van der Waals surface area contributed by atoms with Crippen LogP contribution in [-0.2, 0) is 4.79 Å². The molecule has 0 bridgehead atoms. The number of aromatic nitrogens is 1. The van der Waals surface area contributed by atoms with Crippen LogP contribution in [0.15, 0.2) is 10.6 Å². The van der Waals surface area contributed by atoms with Gasteiger partial charge in [-0.2, -0.15) is 0 Å². The number of oxazole rings is 1. The molecule has 7 heteroatoms. The molecule has 3 N–H and O–H groups in total. The molecule has 110 valence electrons. The lowest BCUT2D eigenvalue weighted by Crippen LogP contribution is -2.44. The van der Waals surface area contributed by atoms with E-state index < -0.39 is 12.0 Å². The summed E-state index contributed by atoms with van der Waals surface area (Å²) in [5.41, 5.74) is 0. The SMILES string of the molecule is Cc1cnc(C(C)NC(=O)NC(CC(=O)O)C2CC2)o1. The summed E-state index contributed by atoms with van der Waals surface area (Å²) in [6, 6.07) is -1.08. The zero-order valence-electron chi connectivity index (χ0n) is 11.5. The fourth-order valence-corrected chi connectivity index (χ4v) is 2.06. The number of amides is 2. The van der Waals surface area contributed by atoms with Crippen molar-refractivity contribution in [1.29, 1.82) is 0 Å². The van der Waals surface area contributed by atoms with E-state index in [4.69, 9.17) is 9.52 Å². The molecule has 1 aromatic rings. The molecule has 0 spiro atoms. The number of carbonyl (C=O) groups is 2. The zero-order chi connectivity index (χ0) is 14.7. The van der Waals surface area contributed by atoms with E-state index in [1.165, 1.54) is 0 Å². The first-order valence-electron chi connectivity index (χ1n) is 6.67. The van der Waals surface area contributed by atoms with Crippen molar-refractivity contribution in [2.45, 2.75) is 45.2 Å². The molecular weight excluding hydrogens is 262 g/mol. The summed E-state index contributed by atoms with van der Waals surface area (Å²) in [6.45, 7) is 3.54. The van der Waals surface area contributed by atoms with Crippen LogP contribution < -0.4 is 10.6 Å². The number of nitrogens with zero attached hydrogens (tertiary/aromatic N) is 1. The third-order valence-corrected chi connectivity index (χ3v) is 3.26. The highest BCUT2D eigenvalue weighted by atomic mass is 16.4. The van der Waals surface area contributed by atoms with E-state index >= 15 is 0 Å². The molecule has 7 nitrogen and oxygen atoms in total. The van der Waals surface area contributed by atoms with Gasteiger partial charge in [0.25, 0.3) is 0 Å². The Morgan fingerprint density at radius 2 is 2.20 bits per heavy atom. The minimum Gasteiger partial charge on any atom is -0.481 e. The van der Waals surface area contributed by atoms with Crippen LogP contribution in [0, 0.1) is 12.8 Å². The molecule has 1 fully saturated rings. The van der Waals surface area contributed by atoms with Crippen molar-refractivity contribution in [3.8, 4) is 0 Å². The first-order chi connectivity index (χ1) is 9.45. The standard InChI is InChI=1S/C13H19N3O4/c1-7-6-14-12(20-7)8(2)15-13(19)16-10(5-11(17)18)9-3-4-9/h6,8-10H,3-5H2,1-2H3,(H,17,18)(H2,15,16,19). The number of carbonyl (C=O) groups excluding carboxylic acids is 1. The summed E-state index contributed by atoms with van der Waals surface area (Å²) in [5.74, 6) is 0.476. The largest absolute Gasteiger partial charge is 0.481 e. The van der Waals surface area contributed by atoms with Gasteiger partial charge >= 0.3 is 12.0 Å². The van der Waals surface area contributed by atoms with Crippen LogP contribution in [0.1, 0.15) is 43.9 Å². The smallest absolute Gasteiger partial charge is 0.315 e. The lowest BCUT2D eigenvalue weighted by Gasteiger charge is -2.18. The van der Waals surface area contributed by atoms with Gasteiger partial charge in [-0.1, -0.05) is 0 Å². The molecule has 0 aromatic carbocycles. The van der Waals surface area contributed by atoms with Crippen LogP contribution in [0.25, 0.3) is 0 Å². The van der Waals surface area contributed by atoms with Gasteiger partial charge in [0.1, 0.15) is 11.8 Å². The summed E-state index contributed by atoms with van der Waals surface area (Å²) in [7, 11) is 0. The van der Waals surface area contributed by atoms with Crippen LogP contribution in [0.4, 0.5) is 4.79 Å². The number of urea groups is 1. The molecule has 1 aliphatic rings. The summed E-state index contributed by atoms with van der Waals surface area (Å²) >= 11 is 0. The Morgan fingerprint density at radius 1 is 1.50 bits per heavy atom. The van der Waals surface area contributed by atoms with E-state index in [-0.39, 0.29) is 24.4 Å². The monoisotopic (exact) mass is 281 g/mol. The molecule has 2 rings (SSSR count). The minimum atomic E-state index is -0.904. The van der Waals surface area contributed by atoms with E-state index in [2.05, 4.69) is 15.6 Å². The molecule has 2 unspecified atom stereocenters. The minimum absolute atomic E-state index is 0.0510. The fourth-order valence-electron chi connectivity index (χ4n) is 2.06. The molecule has 1 saturated carbocycles. The number of carboxylic acid groups (broad SMARTS) is 1. The number of aryl methyl sites for hydroxylation is 1. The highest BCUT2D eigenvalue weighted by Gasteiger charge is 2.34. The van der Waals surface area contributed by atoms with Gasteiger partial charge in [-0.25, -0.2) is 9.78 Å². The van der Waals surface area contributed by atoms with E-state index in [1.807, 2.05) is 0 Å². The Morgan fingerprint density at radius 3 is 2.70 bits per heavy atom. The second kappa shape index (κ2) is 5.94. The van der Waals surface area contributed by atoms with Gasteiger partial charge in [-0.3, -0.25) is 4.79 Å². The van der Waals surface area contributed by atoms with Gasteiger partial charge in [0.05, 0.1) is 12.6 Å². The van der Waals surface area contributed by atoms with Gasteiger partial charge in [-0.05, 0) is 32.6 Å². The van der Waals surface area contributed by atoms with Gasteiger partial charge in [0, 0.05) is 6.04 Å².